The maximum Gasteiger partial charge on any atom is 0.315 e. The Bertz CT molecular complexity index is 3090. The predicted octanol–water partition coefficient (Wildman–Crippen LogP) is 5.58. The molecule has 0 spiro atoms. The van der Waals surface area contributed by atoms with E-state index in [0.29, 0.717) is 0 Å². The highest BCUT2D eigenvalue weighted by atomic mass is 32.2. The molecule has 0 radical (unpaired) electrons. The number of azo groups is 1. The summed E-state index contributed by atoms with van der Waals surface area (Å²) < 4.78 is 142. The number of rotatable bonds is 11. The van der Waals surface area contributed by atoms with Crippen LogP contribution in [0.5, 0.6) is 5.75 Å². The Morgan fingerprint density at radius 3 is 1.98 bits per heavy atom. The van der Waals surface area contributed by atoms with Gasteiger partial charge in [0.05, 0.1) is 15.5 Å². The second kappa shape index (κ2) is 14.0. The van der Waals surface area contributed by atoms with Crippen LogP contribution in [0.1, 0.15) is 0 Å². The van der Waals surface area contributed by atoms with Crippen molar-refractivity contribution in [1.82, 2.24) is 15.0 Å². The van der Waals surface area contributed by atoms with Crippen LogP contribution in [0.3, 0.4) is 0 Å². The predicted molar refractivity (Wildman–Crippen MR) is 193 cm³/mol. The van der Waals surface area contributed by atoms with E-state index in [-0.39, 0.29) is 43.5 Å². The number of aromatic hydroxyl groups is 1. The minimum absolute atomic E-state index is 0.0516. The maximum atomic E-state index is 14.7. The van der Waals surface area contributed by atoms with Gasteiger partial charge in [0.15, 0.2) is 15.6 Å². The third kappa shape index (κ3) is 8.09. The van der Waals surface area contributed by atoms with E-state index in [4.69, 9.17) is 0 Å². The molecular weight excluding hydrogens is 810 g/mol. The quantitative estimate of drug-likeness (QED) is 0.0685. The first kappa shape index (κ1) is 38.7. The topological polar surface area (TPSA) is 305 Å². The monoisotopic (exact) mass is 831 g/mol. The molecule has 55 heavy (non-hydrogen) atoms. The van der Waals surface area contributed by atoms with Gasteiger partial charge in [-0.05, 0) is 53.9 Å². The van der Waals surface area contributed by atoms with Crippen molar-refractivity contribution < 1.29 is 56.8 Å². The molecule has 0 fully saturated rings. The number of halogens is 1. The summed E-state index contributed by atoms with van der Waals surface area (Å²) in [5.74, 6) is -1.77. The van der Waals surface area contributed by atoms with Crippen molar-refractivity contribution in [1.29, 1.82) is 0 Å². The van der Waals surface area contributed by atoms with Gasteiger partial charge in [0.25, 0.3) is 30.4 Å². The van der Waals surface area contributed by atoms with Gasteiger partial charge in [0, 0.05) is 27.3 Å². The van der Waals surface area contributed by atoms with Gasteiger partial charge in [-0.25, -0.2) is 8.42 Å². The van der Waals surface area contributed by atoms with Crippen LogP contribution in [0, 0.1) is 6.08 Å². The highest BCUT2D eigenvalue weighted by Gasteiger charge is 2.24. The van der Waals surface area contributed by atoms with E-state index in [1.807, 2.05) is 0 Å². The molecule has 1 aromatic heterocycles. The molecule has 284 valence electrons. The fraction of sp³-hybridized carbons (Fsp3) is 0. The summed E-state index contributed by atoms with van der Waals surface area (Å²) in [6.07, 6.45) is -1.36. The number of benzene rings is 5. The summed E-state index contributed by atoms with van der Waals surface area (Å²) in [6, 6.07) is 14.7. The summed E-state index contributed by atoms with van der Waals surface area (Å²) in [5, 5.41) is 24.0. The molecule has 0 atom stereocenters. The van der Waals surface area contributed by atoms with E-state index in [2.05, 4.69) is 42.4 Å². The van der Waals surface area contributed by atoms with Crippen LogP contribution in [-0.4, -0.2) is 67.4 Å². The SMILES string of the molecule is C=CS(=O)(=O)c1cccc(Nc2nc(F)nc(Nc3cc(S(=O)(=O)O)cc4ccc(N=Nc5ccc6c(S(=O)(=O)O)cccc6c5S(=O)(=O)O)c(O)c34)n2)c1. The molecule has 6 aromatic rings. The van der Waals surface area contributed by atoms with Gasteiger partial charge in [-0.15, -0.1) is 10.2 Å². The Hall–Kier alpha value is -6.02. The lowest BCUT2D eigenvalue weighted by Crippen LogP contribution is -2.07. The zero-order chi connectivity index (χ0) is 40.1. The molecule has 19 nitrogen and oxygen atoms in total. The minimum atomic E-state index is -5.14. The van der Waals surface area contributed by atoms with Gasteiger partial charge in [-0.3, -0.25) is 13.7 Å². The smallest absolute Gasteiger partial charge is 0.315 e. The minimum Gasteiger partial charge on any atom is -0.505 e. The highest BCUT2D eigenvalue weighted by molar-refractivity contribution is 7.94. The summed E-state index contributed by atoms with van der Waals surface area (Å²) in [4.78, 5) is 8.67. The molecule has 24 heteroatoms. The van der Waals surface area contributed by atoms with E-state index in [9.17, 15) is 56.8 Å². The molecule has 6 rings (SSSR count). The third-order valence-electron chi connectivity index (χ3n) is 7.59. The van der Waals surface area contributed by atoms with Crippen LogP contribution in [0.4, 0.5) is 39.0 Å². The Morgan fingerprint density at radius 1 is 0.673 bits per heavy atom. The van der Waals surface area contributed by atoms with E-state index < -0.39 is 84.3 Å². The van der Waals surface area contributed by atoms with Crippen molar-refractivity contribution in [2.45, 2.75) is 19.6 Å². The number of nitrogens with zero attached hydrogens (tertiary/aromatic N) is 5. The van der Waals surface area contributed by atoms with Crippen LogP contribution < -0.4 is 10.6 Å². The first-order valence-electron chi connectivity index (χ1n) is 14.8. The summed E-state index contributed by atoms with van der Waals surface area (Å²) in [5.41, 5.74) is -1.16. The lowest BCUT2D eigenvalue weighted by molar-refractivity contribution is 0.480. The van der Waals surface area contributed by atoms with Crippen molar-refractivity contribution in [3.8, 4) is 5.75 Å². The van der Waals surface area contributed by atoms with E-state index in [0.717, 1.165) is 53.9 Å². The number of fused-ring (bicyclic) bond motifs is 2. The highest BCUT2D eigenvalue weighted by Crippen LogP contribution is 2.43. The van der Waals surface area contributed by atoms with Crippen LogP contribution >= 0.6 is 0 Å². The number of hydrogen-bond acceptors (Lipinski definition) is 16. The van der Waals surface area contributed by atoms with E-state index in [1.165, 1.54) is 30.3 Å². The van der Waals surface area contributed by atoms with E-state index in [1.54, 1.807) is 0 Å². The van der Waals surface area contributed by atoms with Crippen molar-refractivity contribution in [2.75, 3.05) is 10.6 Å². The molecule has 0 bridgehead atoms. The fourth-order valence-electron chi connectivity index (χ4n) is 5.27. The average Bonchev–Trinajstić information content (AvgIpc) is 3.09. The van der Waals surface area contributed by atoms with Crippen LogP contribution in [0.15, 0.2) is 121 Å². The molecule has 0 saturated carbocycles. The number of anilines is 4. The van der Waals surface area contributed by atoms with Crippen molar-refractivity contribution in [2.24, 2.45) is 10.2 Å². The second-order valence-electron chi connectivity index (χ2n) is 11.1. The molecule has 0 saturated heterocycles. The normalized spacial score (nSPS) is 12.7. The van der Waals surface area contributed by atoms with Gasteiger partial charge < -0.3 is 15.7 Å². The first-order valence-corrected chi connectivity index (χ1v) is 20.7. The third-order valence-corrected chi connectivity index (χ3v) is 11.6. The van der Waals surface area contributed by atoms with Gasteiger partial charge in [0.2, 0.25) is 11.9 Å². The van der Waals surface area contributed by atoms with Gasteiger partial charge in [-0.2, -0.15) is 44.6 Å². The van der Waals surface area contributed by atoms with Crippen molar-refractivity contribution in [3.05, 3.63) is 96.9 Å². The summed E-state index contributed by atoms with van der Waals surface area (Å²) >= 11 is 0. The number of aromatic nitrogens is 3. The standard InChI is InChI=1S/C31H22FN7O12S4/c1-2-52(41,42)18-6-3-5-17(14-18)33-30-35-29(32)36-31(37-30)34-24-15-19(53(43,44)45)13-16-9-11-22(27(40)26(16)24)38-39-23-12-10-20-21(28(23)55(49,50)51)7-4-8-25(20)54(46,47)48/h2-15,40H,1H2,(H,43,44,45)(H,46,47,48)(H,49,50,51)(H2,33,34,35,36,37). The molecule has 5 aromatic carbocycles. The molecule has 0 amide bonds. The number of sulfone groups is 1. The average molecular weight is 832 g/mol. The number of phenolic OH excluding ortho intramolecular Hbond substituents is 1. The lowest BCUT2D eigenvalue weighted by atomic mass is 10.1. The van der Waals surface area contributed by atoms with Crippen molar-refractivity contribution in [3.63, 3.8) is 0 Å². The Kier molecular flexibility index (Phi) is 9.85. The molecule has 0 aliphatic carbocycles. The Morgan fingerprint density at radius 2 is 1.33 bits per heavy atom. The van der Waals surface area contributed by atoms with Crippen LogP contribution in [0.2, 0.25) is 0 Å². The molecule has 0 aliphatic heterocycles. The molecule has 6 N–H and O–H groups in total. The first-order chi connectivity index (χ1) is 25.7. The zero-order valence-corrected chi connectivity index (χ0v) is 30.4. The number of phenols is 1. The largest absolute Gasteiger partial charge is 0.505 e. The zero-order valence-electron chi connectivity index (χ0n) is 27.1. The second-order valence-corrected chi connectivity index (χ2v) is 17.2. The van der Waals surface area contributed by atoms with Gasteiger partial charge in [-0.1, -0.05) is 36.9 Å². The molecular formula is C31H22FN7O12S4. The number of hydrogen-bond donors (Lipinski definition) is 6. The summed E-state index contributed by atoms with van der Waals surface area (Å²) in [7, 11) is -18.7. The van der Waals surface area contributed by atoms with Crippen LogP contribution in [0.25, 0.3) is 21.5 Å². The Labute approximate surface area is 310 Å². The maximum absolute atomic E-state index is 14.7. The van der Waals surface area contributed by atoms with Gasteiger partial charge in [0.1, 0.15) is 21.2 Å². The molecule has 0 aliphatic rings. The Balaban J connectivity index is 1.45. The van der Waals surface area contributed by atoms with Gasteiger partial charge >= 0.3 is 6.08 Å². The van der Waals surface area contributed by atoms with Crippen LogP contribution in [-0.2, 0) is 40.2 Å². The molecule has 0 unspecified atom stereocenters. The number of nitrogens with one attached hydrogen (secondary N) is 2. The summed E-state index contributed by atoms with van der Waals surface area (Å²) in [6.45, 7) is 3.26. The fourth-order valence-corrected chi connectivity index (χ4v) is 8.10. The molecule has 1 heterocycles. The van der Waals surface area contributed by atoms with Crippen molar-refractivity contribution >= 4 is 96.4 Å². The van der Waals surface area contributed by atoms with E-state index >= 15 is 0 Å². The lowest BCUT2D eigenvalue weighted by Gasteiger charge is -2.14.